The Kier molecular flexibility index (Phi) is 7.87. The van der Waals surface area contributed by atoms with E-state index in [4.69, 9.17) is 4.74 Å². The highest BCUT2D eigenvalue weighted by molar-refractivity contribution is 5.94. The first-order chi connectivity index (χ1) is 16.1. The molecule has 1 aromatic carbocycles. The molecule has 1 N–H and O–H groups in total. The van der Waals surface area contributed by atoms with Crippen molar-refractivity contribution in [3.63, 3.8) is 0 Å². The van der Waals surface area contributed by atoms with E-state index in [1.54, 1.807) is 6.07 Å². The van der Waals surface area contributed by atoms with Gasteiger partial charge in [0.25, 0.3) is 0 Å². The molecule has 1 aromatic heterocycles. The van der Waals surface area contributed by atoms with Crippen LogP contribution in [-0.4, -0.2) is 40.7 Å². The highest BCUT2D eigenvalue weighted by Crippen LogP contribution is 2.31. The molecule has 8 nitrogen and oxygen atoms in total. The van der Waals surface area contributed by atoms with Gasteiger partial charge in [-0.2, -0.15) is 5.26 Å². The first kappa shape index (κ1) is 25.6. The normalized spacial score (nSPS) is 16.0. The lowest BCUT2D eigenvalue weighted by molar-refractivity contribution is -0.146. The zero-order valence-corrected chi connectivity index (χ0v) is 20.1. The van der Waals surface area contributed by atoms with Crippen molar-refractivity contribution in [3.05, 3.63) is 23.3 Å². The summed E-state index contributed by atoms with van der Waals surface area (Å²) in [4.78, 5) is 31.2. The third kappa shape index (κ3) is 5.53. The number of nitrogens with one attached hydrogen (secondary N) is 1. The van der Waals surface area contributed by atoms with E-state index in [1.807, 2.05) is 27.7 Å². The maximum Gasteiger partial charge on any atom is 0.324 e. The molecule has 2 aromatic rings. The molecule has 0 saturated carbocycles. The number of aromatic nitrogens is 2. The molecule has 1 saturated heterocycles. The van der Waals surface area contributed by atoms with Gasteiger partial charge in [0.1, 0.15) is 23.1 Å². The summed E-state index contributed by atoms with van der Waals surface area (Å²) in [6.45, 7) is 8.11. The van der Waals surface area contributed by atoms with Crippen LogP contribution >= 0.6 is 0 Å². The second-order valence-corrected chi connectivity index (χ2v) is 9.75. The van der Waals surface area contributed by atoms with Gasteiger partial charge in [-0.05, 0) is 37.3 Å². The quantitative estimate of drug-likeness (QED) is 0.457. The van der Waals surface area contributed by atoms with Crippen LogP contribution in [0.2, 0.25) is 0 Å². The fraction of sp³-hybridized carbons (Fsp3) is 0.583. The van der Waals surface area contributed by atoms with Crippen molar-refractivity contribution in [2.45, 2.75) is 72.4 Å². The first-order valence-electron chi connectivity index (χ1n) is 11.6. The number of carbonyl (C=O) groups excluding carboxylic acids is 2. The summed E-state index contributed by atoms with van der Waals surface area (Å²) in [6, 6.07) is 2.01. The molecule has 184 valence electrons. The highest BCUT2D eigenvalue weighted by atomic mass is 19.1. The number of amides is 1. The summed E-state index contributed by atoms with van der Waals surface area (Å²) in [5.41, 5.74) is -1.30. The van der Waals surface area contributed by atoms with Crippen molar-refractivity contribution in [2.75, 3.05) is 18.2 Å². The molecule has 34 heavy (non-hydrogen) atoms. The molecule has 1 fully saturated rings. The molecule has 1 aliphatic heterocycles. The number of anilines is 1. The molecule has 1 amide bonds. The number of hydrogen-bond acceptors (Lipinski definition) is 6. The van der Waals surface area contributed by atoms with Crippen molar-refractivity contribution in [2.24, 2.45) is 5.41 Å². The average molecular weight is 476 g/mol. The molecule has 3 rings (SSSR count). The molecule has 0 aliphatic carbocycles. The van der Waals surface area contributed by atoms with E-state index in [1.165, 1.54) is 9.47 Å². The maximum atomic E-state index is 15.2. The molecule has 1 aliphatic rings. The summed E-state index contributed by atoms with van der Waals surface area (Å²) >= 11 is 0. The third-order valence-corrected chi connectivity index (χ3v) is 5.65. The number of hydrogen-bond donors (Lipinski definition) is 1. The zero-order valence-electron chi connectivity index (χ0n) is 20.1. The topological polar surface area (TPSA) is 100 Å². The molecule has 10 heteroatoms. The highest BCUT2D eigenvalue weighted by Gasteiger charge is 2.31. The van der Waals surface area contributed by atoms with Crippen molar-refractivity contribution >= 4 is 28.9 Å². The zero-order chi connectivity index (χ0) is 25.0. The summed E-state index contributed by atoms with van der Waals surface area (Å²) in [5, 5.41) is 12.3. The molecule has 1 atom stereocenters. The molecular formula is C24H31F2N5O3. The van der Waals surface area contributed by atoms with Crippen LogP contribution in [0.4, 0.5) is 14.7 Å². The lowest BCUT2D eigenvalue weighted by Crippen LogP contribution is -2.41. The Balaban J connectivity index is 2.09. The number of carbonyl (C=O) groups is 2. The Hall–Kier alpha value is -3.06. The number of nitrogens with zero attached hydrogens (tertiary/aromatic N) is 4. The van der Waals surface area contributed by atoms with Crippen molar-refractivity contribution in [1.29, 1.82) is 5.26 Å². The second-order valence-electron chi connectivity index (χ2n) is 9.75. The van der Waals surface area contributed by atoms with E-state index in [0.717, 1.165) is 18.9 Å². The van der Waals surface area contributed by atoms with E-state index in [9.17, 15) is 19.2 Å². The number of ether oxygens (including phenoxy) is 1. The van der Waals surface area contributed by atoms with Gasteiger partial charge in [0.15, 0.2) is 18.4 Å². The number of halogens is 2. The number of unbranched alkanes of at least 4 members (excludes halogenated alkanes) is 1. The largest absolute Gasteiger partial charge is 0.443 e. The van der Waals surface area contributed by atoms with Gasteiger partial charge >= 0.3 is 5.97 Å². The first-order valence-corrected chi connectivity index (χ1v) is 11.6. The van der Waals surface area contributed by atoms with Crippen LogP contribution in [0.15, 0.2) is 6.07 Å². The van der Waals surface area contributed by atoms with Gasteiger partial charge in [-0.15, -0.1) is 0 Å². The number of esters is 1. The molecule has 2 heterocycles. The Morgan fingerprint density at radius 2 is 2.12 bits per heavy atom. The standard InChI is InChI=1S/C24H31F2N5O3/c1-5-6-10-30-21-19(26)15(13-27)11-16(25)20(21)29-23(30)31(18(32)12-24(2,3)4)14-34-22(33)17-8-7-9-28-17/h11,17,28H,5-10,12,14H2,1-4H3. The molecular weight excluding hydrogens is 444 g/mol. The Morgan fingerprint density at radius 1 is 1.38 bits per heavy atom. The SMILES string of the molecule is CCCCn1c(N(COC(=O)C2CCCN2)C(=O)CC(C)(C)C)nc2c(F)cc(C#N)c(F)c21. The number of imidazole rings is 1. The van der Waals surface area contributed by atoms with E-state index >= 15 is 4.39 Å². The summed E-state index contributed by atoms with van der Waals surface area (Å²) < 4.78 is 36.8. The van der Waals surface area contributed by atoms with Gasteiger partial charge in [0, 0.05) is 13.0 Å². The van der Waals surface area contributed by atoms with Gasteiger partial charge in [-0.25, -0.2) is 18.7 Å². The van der Waals surface area contributed by atoms with Crippen molar-refractivity contribution < 1.29 is 23.1 Å². The fourth-order valence-electron chi connectivity index (χ4n) is 3.94. The maximum absolute atomic E-state index is 15.2. The Bertz CT molecular complexity index is 1110. The minimum atomic E-state index is -0.899. The second kappa shape index (κ2) is 10.5. The predicted molar refractivity (Wildman–Crippen MR) is 123 cm³/mol. The van der Waals surface area contributed by atoms with E-state index in [-0.39, 0.29) is 29.9 Å². The molecule has 0 radical (unpaired) electrons. The fourth-order valence-corrected chi connectivity index (χ4v) is 3.94. The van der Waals surface area contributed by atoms with Gasteiger partial charge in [0.05, 0.1) is 5.56 Å². The van der Waals surface area contributed by atoms with Crippen LogP contribution in [0.3, 0.4) is 0 Å². The Morgan fingerprint density at radius 3 is 2.71 bits per heavy atom. The van der Waals surface area contributed by atoms with Crippen molar-refractivity contribution in [1.82, 2.24) is 14.9 Å². The Labute approximate surface area is 197 Å². The van der Waals surface area contributed by atoms with E-state index in [2.05, 4.69) is 10.3 Å². The van der Waals surface area contributed by atoms with Crippen LogP contribution in [0.1, 0.15) is 65.4 Å². The number of aryl methyl sites for hydroxylation is 1. The summed E-state index contributed by atoms with van der Waals surface area (Å²) in [6.07, 6.45) is 2.93. The number of fused-ring (bicyclic) bond motifs is 1. The number of benzene rings is 1. The predicted octanol–water partition coefficient (Wildman–Crippen LogP) is 4.01. The molecule has 0 spiro atoms. The van der Waals surface area contributed by atoms with E-state index in [0.29, 0.717) is 19.4 Å². The average Bonchev–Trinajstić information content (AvgIpc) is 3.42. The van der Waals surface area contributed by atoms with Crippen LogP contribution in [0.25, 0.3) is 11.0 Å². The number of rotatable bonds is 8. The minimum Gasteiger partial charge on any atom is -0.443 e. The van der Waals surface area contributed by atoms with Crippen molar-refractivity contribution in [3.8, 4) is 6.07 Å². The van der Waals surface area contributed by atoms with Gasteiger partial charge < -0.3 is 14.6 Å². The van der Waals surface area contributed by atoms with Crippen LogP contribution in [-0.2, 0) is 20.9 Å². The van der Waals surface area contributed by atoms with Gasteiger partial charge in [-0.1, -0.05) is 34.1 Å². The minimum absolute atomic E-state index is 0.0160. The third-order valence-electron chi connectivity index (χ3n) is 5.65. The van der Waals surface area contributed by atoms with Crippen LogP contribution in [0.5, 0.6) is 0 Å². The smallest absolute Gasteiger partial charge is 0.324 e. The lowest BCUT2D eigenvalue weighted by atomic mass is 9.92. The lowest BCUT2D eigenvalue weighted by Gasteiger charge is -2.26. The van der Waals surface area contributed by atoms with E-state index < -0.39 is 47.3 Å². The molecule has 0 bridgehead atoms. The molecule has 1 unspecified atom stereocenters. The summed E-state index contributed by atoms with van der Waals surface area (Å²) in [5.74, 6) is -2.66. The van der Waals surface area contributed by atoms with Gasteiger partial charge in [0.2, 0.25) is 11.9 Å². The van der Waals surface area contributed by atoms with Gasteiger partial charge in [-0.3, -0.25) is 9.59 Å². The number of nitriles is 1. The summed E-state index contributed by atoms with van der Waals surface area (Å²) in [7, 11) is 0. The van der Waals surface area contributed by atoms with Crippen LogP contribution < -0.4 is 10.2 Å². The monoisotopic (exact) mass is 475 g/mol. The van der Waals surface area contributed by atoms with Crippen LogP contribution in [0, 0.1) is 28.4 Å².